The third kappa shape index (κ3) is 4.46. The molecule has 24 heavy (non-hydrogen) atoms. The molecular weight excluding hydrogens is 311 g/mol. The van der Waals surface area contributed by atoms with Gasteiger partial charge in [0.25, 0.3) is 5.91 Å². The van der Waals surface area contributed by atoms with Crippen molar-refractivity contribution in [2.24, 2.45) is 0 Å². The highest BCUT2D eigenvalue weighted by Gasteiger charge is 2.09. The maximum Gasteiger partial charge on any atom is 0.258 e. The maximum absolute atomic E-state index is 13.4. The summed E-state index contributed by atoms with van der Waals surface area (Å²) in [4.78, 5) is 11.8. The number of methoxy groups -OCH3 is 1. The quantitative estimate of drug-likeness (QED) is 0.885. The van der Waals surface area contributed by atoms with E-state index in [1.165, 1.54) is 19.2 Å². The van der Waals surface area contributed by atoms with Crippen LogP contribution in [0.5, 0.6) is 11.5 Å². The largest absolute Gasteiger partial charge is 0.493 e. The van der Waals surface area contributed by atoms with Crippen molar-refractivity contribution < 1.29 is 18.7 Å². The van der Waals surface area contributed by atoms with Crippen molar-refractivity contribution in [3.05, 3.63) is 58.9 Å². The highest BCUT2D eigenvalue weighted by Crippen LogP contribution is 2.27. The van der Waals surface area contributed by atoms with Crippen molar-refractivity contribution in [2.75, 3.05) is 13.7 Å². The van der Waals surface area contributed by atoms with Crippen LogP contribution in [0.2, 0.25) is 0 Å². The van der Waals surface area contributed by atoms with Crippen molar-refractivity contribution >= 4 is 5.91 Å². The number of benzene rings is 2. The second kappa shape index (κ2) is 7.97. The summed E-state index contributed by atoms with van der Waals surface area (Å²) in [5.74, 6) is 0.0956. The van der Waals surface area contributed by atoms with Crippen LogP contribution in [0.15, 0.2) is 36.4 Å². The zero-order valence-electron chi connectivity index (χ0n) is 13.4. The van der Waals surface area contributed by atoms with Gasteiger partial charge in [0, 0.05) is 12.6 Å². The molecule has 0 bridgehead atoms. The predicted octanol–water partition coefficient (Wildman–Crippen LogP) is 2.71. The summed E-state index contributed by atoms with van der Waals surface area (Å²) >= 11 is 0. The lowest BCUT2D eigenvalue weighted by molar-refractivity contribution is -0.123. The molecule has 0 heterocycles. The molecule has 0 aliphatic rings. The molecule has 0 unspecified atom stereocenters. The number of aryl methyl sites for hydroxylation is 1. The number of nitriles is 1. The van der Waals surface area contributed by atoms with Gasteiger partial charge in [0.2, 0.25) is 0 Å². The van der Waals surface area contributed by atoms with Crippen LogP contribution in [-0.2, 0) is 11.3 Å². The molecule has 0 aromatic heterocycles. The lowest BCUT2D eigenvalue weighted by Gasteiger charge is -2.11. The van der Waals surface area contributed by atoms with Gasteiger partial charge in [-0.1, -0.05) is 12.1 Å². The number of carbonyl (C=O) groups is 1. The number of hydrogen-bond donors (Lipinski definition) is 1. The number of carbonyl (C=O) groups excluding carboxylic acids is 1. The van der Waals surface area contributed by atoms with E-state index in [0.717, 1.165) is 0 Å². The average Bonchev–Trinajstić information content (AvgIpc) is 2.60. The minimum absolute atomic E-state index is 0.212. The molecule has 0 aliphatic heterocycles. The fourth-order valence-electron chi connectivity index (χ4n) is 2.00. The van der Waals surface area contributed by atoms with Gasteiger partial charge in [-0.05, 0) is 36.2 Å². The first-order valence-electron chi connectivity index (χ1n) is 7.26. The second-order valence-corrected chi connectivity index (χ2v) is 5.13. The molecule has 5 nitrogen and oxygen atoms in total. The third-order valence-corrected chi connectivity index (χ3v) is 3.38. The summed E-state index contributed by atoms with van der Waals surface area (Å²) in [6.07, 6.45) is 0. The molecule has 0 spiro atoms. The third-order valence-electron chi connectivity index (χ3n) is 3.38. The molecular formula is C18H17FN2O3. The molecule has 124 valence electrons. The molecule has 0 aliphatic carbocycles. The second-order valence-electron chi connectivity index (χ2n) is 5.13. The van der Waals surface area contributed by atoms with Gasteiger partial charge in [-0.25, -0.2) is 4.39 Å². The van der Waals surface area contributed by atoms with E-state index in [1.807, 2.05) is 6.07 Å². The van der Waals surface area contributed by atoms with Gasteiger partial charge in [0.15, 0.2) is 18.1 Å². The van der Waals surface area contributed by atoms with Crippen molar-refractivity contribution in [3.63, 3.8) is 0 Å². The van der Waals surface area contributed by atoms with E-state index >= 15 is 0 Å². The van der Waals surface area contributed by atoms with Crippen LogP contribution < -0.4 is 14.8 Å². The van der Waals surface area contributed by atoms with Gasteiger partial charge in [0.1, 0.15) is 5.82 Å². The van der Waals surface area contributed by atoms with Crippen molar-refractivity contribution in [1.29, 1.82) is 5.26 Å². The van der Waals surface area contributed by atoms with Crippen molar-refractivity contribution in [2.45, 2.75) is 13.5 Å². The van der Waals surface area contributed by atoms with Crippen LogP contribution in [-0.4, -0.2) is 19.6 Å². The summed E-state index contributed by atoms with van der Waals surface area (Å²) in [5, 5.41) is 11.5. The van der Waals surface area contributed by atoms with Crippen LogP contribution in [0, 0.1) is 24.1 Å². The van der Waals surface area contributed by atoms with Crippen LogP contribution in [0.1, 0.15) is 16.7 Å². The first-order chi connectivity index (χ1) is 11.5. The Balaban J connectivity index is 1.89. The molecule has 0 radical (unpaired) electrons. The number of amides is 1. The van der Waals surface area contributed by atoms with E-state index in [9.17, 15) is 9.18 Å². The lowest BCUT2D eigenvalue weighted by atomic mass is 10.1. The average molecular weight is 328 g/mol. The highest BCUT2D eigenvalue weighted by atomic mass is 19.1. The smallest absolute Gasteiger partial charge is 0.258 e. The van der Waals surface area contributed by atoms with E-state index in [0.29, 0.717) is 28.2 Å². The Kier molecular flexibility index (Phi) is 5.74. The monoisotopic (exact) mass is 328 g/mol. The molecule has 6 heteroatoms. The molecule has 0 fully saturated rings. The lowest BCUT2D eigenvalue weighted by Crippen LogP contribution is -2.28. The Hall–Kier alpha value is -3.07. The molecule has 1 N–H and O–H groups in total. The number of ether oxygens (including phenoxy) is 2. The molecule has 2 aromatic carbocycles. The number of nitrogens with one attached hydrogen (secondary N) is 1. The zero-order valence-corrected chi connectivity index (χ0v) is 13.4. The van der Waals surface area contributed by atoms with Crippen LogP contribution in [0.3, 0.4) is 0 Å². The van der Waals surface area contributed by atoms with E-state index in [-0.39, 0.29) is 24.9 Å². The van der Waals surface area contributed by atoms with Gasteiger partial charge in [0.05, 0.1) is 18.7 Å². The molecule has 0 saturated heterocycles. The SMILES string of the molecule is COc1cc(C#N)ccc1OCC(=O)NCc1ccc(C)c(F)c1. The summed E-state index contributed by atoms with van der Waals surface area (Å²) in [7, 11) is 1.45. The first-order valence-corrected chi connectivity index (χ1v) is 7.26. The van der Waals surface area contributed by atoms with E-state index in [4.69, 9.17) is 14.7 Å². The topological polar surface area (TPSA) is 71.3 Å². The predicted molar refractivity (Wildman–Crippen MR) is 86.2 cm³/mol. The first kappa shape index (κ1) is 17.3. The normalized spacial score (nSPS) is 9.92. The van der Waals surface area contributed by atoms with Crippen LogP contribution in [0.25, 0.3) is 0 Å². The van der Waals surface area contributed by atoms with Gasteiger partial charge < -0.3 is 14.8 Å². The summed E-state index contributed by atoms with van der Waals surface area (Å²) in [6, 6.07) is 11.5. The van der Waals surface area contributed by atoms with Crippen LogP contribution >= 0.6 is 0 Å². The molecule has 0 saturated carbocycles. The minimum Gasteiger partial charge on any atom is -0.493 e. The summed E-state index contributed by atoms with van der Waals surface area (Å²) in [5.41, 5.74) is 1.66. The van der Waals surface area contributed by atoms with E-state index in [1.54, 1.807) is 31.2 Å². The van der Waals surface area contributed by atoms with Crippen molar-refractivity contribution in [3.8, 4) is 17.6 Å². The Labute approximate surface area is 139 Å². The van der Waals surface area contributed by atoms with Gasteiger partial charge in [-0.2, -0.15) is 5.26 Å². The van der Waals surface area contributed by atoms with E-state index in [2.05, 4.69) is 5.32 Å². The van der Waals surface area contributed by atoms with Crippen molar-refractivity contribution in [1.82, 2.24) is 5.32 Å². The Morgan fingerprint density at radius 2 is 2.04 bits per heavy atom. The molecule has 2 rings (SSSR count). The Morgan fingerprint density at radius 3 is 2.71 bits per heavy atom. The molecule has 1 amide bonds. The fourth-order valence-corrected chi connectivity index (χ4v) is 2.00. The number of hydrogen-bond acceptors (Lipinski definition) is 4. The van der Waals surface area contributed by atoms with Gasteiger partial charge in [-0.3, -0.25) is 4.79 Å². The summed E-state index contributed by atoms with van der Waals surface area (Å²) < 4.78 is 24.0. The Morgan fingerprint density at radius 1 is 1.25 bits per heavy atom. The number of halogens is 1. The highest BCUT2D eigenvalue weighted by molar-refractivity contribution is 5.77. The van der Waals surface area contributed by atoms with Gasteiger partial charge in [-0.15, -0.1) is 0 Å². The number of rotatable bonds is 6. The fraction of sp³-hybridized carbons (Fsp3) is 0.222. The Bertz CT molecular complexity index is 784. The van der Waals surface area contributed by atoms with E-state index < -0.39 is 0 Å². The maximum atomic E-state index is 13.4. The summed E-state index contributed by atoms with van der Waals surface area (Å²) in [6.45, 7) is 1.68. The standard InChI is InChI=1S/C18H17FN2O3/c1-12-3-4-14(7-15(12)19)10-21-18(22)11-24-16-6-5-13(9-20)8-17(16)23-2/h3-8H,10-11H2,1-2H3,(H,21,22). The zero-order chi connectivity index (χ0) is 17.5. The van der Waals surface area contributed by atoms with Gasteiger partial charge >= 0.3 is 0 Å². The molecule has 0 atom stereocenters. The number of nitrogens with zero attached hydrogens (tertiary/aromatic N) is 1. The molecule has 2 aromatic rings. The minimum atomic E-state index is -0.345. The van der Waals surface area contributed by atoms with Crippen LogP contribution in [0.4, 0.5) is 4.39 Å².